The Morgan fingerprint density at radius 2 is 1.67 bits per heavy atom. The van der Waals surface area contributed by atoms with E-state index in [1.165, 1.54) is 6.07 Å². The van der Waals surface area contributed by atoms with Gasteiger partial charge in [0.1, 0.15) is 0 Å². The first-order valence-electron chi connectivity index (χ1n) is 6.51. The van der Waals surface area contributed by atoms with Gasteiger partial charge in [0.2, 0.25) is 0 Å². The van der Waals surface area contributed by atoms with Gasteiger partial charge in [0, 0.05) is 11.5 Å². The third-order valence-corrected chi connectivity index (χ3v) is 3.19. The molecule has 0 aliphatic rings. The van der Waals surface area contributed by atoms with E-state index < -0.39 is 0 Å². The van der Waals surface area contributed by atoms with Gasteiger partial charge in [-0.2, -0.15) is 0 Å². The van der Waals surface area contributed by atoms with E-state index in [0.717, 1.165) is 16.6 Å². The largest absolute Gasteiger partial charge is 0.276 e. The van der Waals surface area contributed by atoms with Crippen LogP contribution in [-0.4, -0.2) is 9.91 Å². The number of pyridine rings is 1. The molecule has 0 bridgehead atoms. The molecule has 0 radical (unpaired) electrons. The van der Waals surface area contributed by atoms with Gasteiger partial charge in [-0.3, -0.25) is 10.1 Å². The first-order chi connectivity index (χ1) is 10.2. The minimum Gasteiger partial charge on any atom is -0.258 e. The maximum Gasteiger partial charge on any atom is 0.276 e. The highest BCUT2D eigenvalue weighted by Gasteiger charge is 2.09. The van der Waals surface area contributed by atoms with E-state index in [2.05, 4.69) is 4.98 Å². The monoisotopic (exact) mass is 276 g/mol. The fraction of sp³-hybridized carbons (Fsp3) is 0. The summed E-state index contributed by atoms with van der Waals surface area (Å²) in [5, 5.41) is 12.0. The van der Waals surface area contributed by atoms with Gasteiger partial charge in [0.25, 0.3) is 5.69 Å². The minimum absolute atomic E-state index is 0.0922. The van der Waals surface area contributed by atoms with Crippen molar-refractivity contribution in [1.29, 1.82) is 0 Å². The number of nitro groups is 1. The zero-order valence-corrected chi connectivity index (χ0v) is 11.1. The van der Waals surface area contributed by atoms with Gasteiger partial charge in [0.05, 0.1) is 21.7 Å². The Hall–Kier alpha value is -3.01. The van der Waals surface area contributed by atoms with E-state index in [4.69, 9.17) is 0 Å². The second-order valence-electron chi connectivity index (χ2n) is 4.58. The summed E-state index contributed by atoms with van der Waals surface area (Å²) in [6, 6.07) is 18.4. The zero-order chi connectivity index (χ0) is 14.7. The van der Waals surface area contributed by atoms with Crippen LogP contribution in [0.5, 0.6) is 0 Å². The summed E-state index contributed by atoms with van der Waals surface area (Å²) in [7, 11) is 0. The summed E-state index contributed by atoms with van der Waals surface area (Å²) in [6.07, 6.45) is 3.50. The summed E-state index contributed by atoms with van der Waals surface area (Å²) >= 11 is 0. The topological polar surface area (TPSA) is 56.0 Å². The van der Waals surface area contributed by atoms with Crippen molar-refractivity contribution in [2.24, 2.45) is 0 Å². The van der Waals surface area contributed by atoms with E-state index in [1.54, 1.807) is 30.4 Å². The van der Waals surface area contributed by atoms with Crippen LogP contribution in [0.2, 0.25) is 0 Å². The van der Waals surface area contributed by atoms with Crippen molar-refractivity contribution in [2.75, 3.05) is 0 Å². The molecule has 0 saturated heterocycles. The Morgan fingerprint density at radius 1 is 0.905 bits per heavy atom. The predicted molar refractivity (Wildman–Crippen MR) is 83.8 cm³/mol. The second kappa shape index (κ2) is 5.54. The maximum absolute atomic E-state index is 11.0. The Labute approximate surface area is 121 Å². The Morgan fingerprint density at radius 3 is 2.52 bits per heavy atom. The zero-order valence-electron chi connectivity index (χ0n) is 11.1. The molecule has 1 heterocycles. The summed E-state index contributed by atoms with van der Waals surface area (Å²) in [4.78, 5) is 15.1. The molecule has 0 aliphatic heterocycles. The average Bonchev–Trinajstić information content (AvgIpc) is 2.53. The number of rotatable bonds is 3. The highest BCUT2D eigenvalue weighted by molar-refractivity contribution is 5.81. The van der Waals surface area contributed by atoms with Crippen LogP contribution in [-0.2, 0) is 0 Å². The fourth-order valence-electron chi connectivity index (χ4n) is 2.14. The third-order valence-electron chi connectivity index (χ3n) is 3.19. The Bertz CT molecular complexity index is 841. The Kier molecular flexibility index (Phi) is 3.43. The lowest BCUT2D eigenvalue weighted by molar-refractivity contribution is -0.385. The molecule has 3 aromatic rings. The molecule has 0 N–H and O–H groups in total. The smallest absolute Gasteiger partial charge is 0.258 e. The molecule has 0 spiro atoms. The quantitative estimate of drug-likeness (QED) is 0.529. The summed E-state index contributed by atoms with van der Waals surface area (Å²) < 4.78 is 0. The Balaban J connectivity index is 1.96. The number of nitro benzene ring substituents is 1. The average molecular weight is 276 g/mol. The summed E-state index contributed by atoms with van der Waals surface area (Å²) in [6.45, 7) is 0. The number of hydrogen-bond donors (Lipinski definition) is 0. The van der Waals surface area contributed by atoms with Crippen molar-refractivity contribution < 1.29 is 4.92 Å². The lowest BCUT2D eigenvalue weighted by Crippen LogP contribution is -1.90. The van der Waals surface area contributed by atoms with Crippen LogP contribution in [0.3, 0.4) is 0 Å². The van der Waals surface area contributed by atoms with Crippen LogP contribution in [0.15, 0.2) is 60.7 Å². The van der Waals surface area contributed by atoms with Gasteiger partial charge < -0.3 is 0 Å². The molecule has 21 heavy (non-hydrogen) atoms. The molecular weight excluding hydrogens is 264 g/mol. The SMILES string of the molecule is O=[N+]([O-])c1ccccc1/C=C/c1ccc2ccccc2n1. The van der Waals surface area contributed by atoms with E-state index in [9.17, 15) is 10.1 Å². The lowest BCUT2D eigenvalue weighted by Gasteiger charge is -1.99. The number of hydrogen-bond acceptors (Lipinski definition) is 3. The highest BCUT2D eigenvalue weighted by atomic mass is 16.6. The number of aromatic nitrogens is 1. The predicted octanol–water partition coefficient (Wildman–Crippen LogP) is 4.31. The molecule has 102 valence electrons. The van der Waals surface area contributed by atoms with Gasteiger partial charge in [0.15, 0.2) is 0 Å². The first kappa shape index (κ1) is 13.0. The second-order valence-corrected chi connectivity index (χ2v) is 4.58. The van der Waals surface area contributed by atoms with Gasteiger partial charge >= 0.3 is 0 Å². The fourth-order valence-corrected chi connectivity index (χ4v) is 2.14. The molecule has 0 fully saturated rings. The lowest BCUT2D eigenvalue weighted by atomic mass is 10.1. The number of para-hydroxylation sites is 2. The van der Waals surface area contributed by atoms with Gasteiger partial charge in [-0.05, 0) is 30.4 Å². The molecule has 2 aromatic carbocycles. The van der Waals surface area contributed by atoms with Crippen molar-refractivity contribution in [3.63, 3.8) is 0 Å². The van der Waals surface area contributed by atoms with Crippen LogP contribution in [0.25, 0.3) is 23.1 Å². The first-order valence-corrected chi connectivity index (χ1v) is 6.51. The molecule has 0 unspecified atom stereocenters. The molecule has 4 nitrogen and oxygen atoms in total. The van der Waals surface area contributed by atoms with Crippen LogP contribution >= 0.6 is 0 Å². The molecule has 0 aliphatic carbocycles. The van der Waals surface area contributed by atoms with E-state index in [-0.39, 0.29) is 10.6 Å². The number of fused-ring (bicyclic) bond motifs is 1. The van der Waals surface area contributed by atoms with Crippen molar-refractivity contribution in [3.8, 4) is 0 Å². The number of nitrogens with zero attached hydrogens (tertiary/aromatic N) is 2. The van der Waals surface area contributed by atoms with Crippen molar-refractivity contribution >= 4 is 28.7 Å². The third kappa shape index (κ3) is 2.79. The van der Waals surface area contributed by atoms with E-state index >= 15 is 0 Å². The number of benzene rings is 2. The molecule has 1 aromatic heterocycles. The molecule has 0 saturated carbocycles. The minimum atomic E-state index is -0.381. The maximum atomic E-state index is 11.0. The molecule has 0 atom stereocenters. The molecule has 4 heteroatoms. The van der Waals surface area contributed by atoms with Crippen LogP contribution in [0.4, 0.5) is 5.69 Å². The summed E-state index contributed by atoms with van der Waals surface area (Å²) in [5.41, 5.74) is 2.33. The van der Waals surface area contributed by atoms with Gasteiger partial charge in [-0.1, -0.05) is 36.4 Å². The van der Waals surface area contributed by atoms with Crippen molar-refractivity contribution in [1.82, 2.24) is 4.98 Å². The van der Waals surface area contributed by atoms with Crippen LogP contribution in [0, 0.1) is 10.1 Å². The van der Waals surface area contributed by atoms with E-state index in [1.807, 2.05) is 36.4 Å². The molecular formula is C17H12N2O2. The standard InChI is InChI=1S/C17H12N2O2/c20-19(21)17-8-4-2-6-14(17)10-12-15-11-9-13-5-1-3-7-16(13)18-15/h1-12H/b12-10+. The van der Waals surface area contributed by atoms with Crippen molar-refractivity contribution in [2.45, 2.75) is 0 Å². The summed E-state index contributed by atoms with van der Waals surface area (Å²) in [5.74, 6) is 0. The highest BCUT2D eigenvalue weighted by Crippen LogP contribution is 2.20. The normalized spacial score (nSPS) is 11.0. The van der Waals surface area contributed by atoms with Gasteiger partial charge in [-0.15, -0.1) is 0 Å². The molecule has 0 amide bonds. The van der Waals surface area contributed by atoms with Crippen molar-refractivity contribution in [3.05, 3.63) is 82.0 Å². The molecule has 3 rings (SSSR count). The van der Waals surface area contributed by atoms with Gasteiger partial charge in [-0.25, -0.2) is 4.98 Å². The van der Waals surface area contributed by atoms with Crippen LogP contribution < -0.4 is 0 Å². The van der Waals surface area contributed by atoms with Crippen LogP contribution in [0.1, 0.15) is 11.3 Å². The van der Waals surface area contributed by atoms with E-state index in [0.29, 0.717) is 5.56 Å².